The van der Waals surface area contributed by atoms with Crippen molar-refractivity contribution < 1.29 is 29.4 Å². The van der Waals surface area contributed by atoms with Crippen LogP contribution in [0.3, 0.4) is 0 Å². The molecule has 3 saturated carbocycles. The highest BCUT2D eigenvalue weighted by Gasteiger charge is 2.73. The summed E-state index contributed by atoms with van der Waals surface area (Å²) in [6, 6.07) is 5.99. The van der Waals surface area contributed by atoms with Gasteiger partial charge in [-0.25, -0.2) is 4.79 Å². The van der Waals surface area contributed by atoms with Gasteiger partial charge in [0.05, 0.1) is 28.5 Å². The number of rotatable bonds is 4. The molecule has 38 heavy (non-hydrogen) atoms. The van der Waals surface area contributed by atoms with Gasteiger partial charge < -0.3 is 10.2 Å². The number of aromatic carboxylic acids is 1. The Balaban J connectivity index is 1.46. The van der Waals surface area contributed by atoms with Gasteiger partial charge in [-0.1, -0.05) is 38.8 Å². The second kappa shape index (κ2) is 8.03. The van der Waals surface area contributed by atoms with E-state index in [1.165, 1.54) is 22.6 Å². The lowest BCUT2D eigenvalue weighted by Gasteiger charge is -2.68. The first-order valence-corrected chi connectivity index (χ1v) is 14.0. The number of carbonyl (C=O) groups excluding carboxylic acids is 2. The van der Waals surface area contributed by atoms with Crippen molar-refractivity contribution in [1.29, 1.82) is 0 Å². The van der Waals surface area contributed by atoms with E-state index in [9.17, 15) is 29.4 Å². The Labute approximate surface area is 223 Å². The maximum atomic E-state index is 14.3. The van der Waals surface area contributed by atoms with Crippen molar-refractivity contribution in [3.63, 3.8) is 0 Å². The van der Waals surface area contributed by atoms with Crippen LogP contribution < -0.4 is 4.90 Å². The zero-order valence-corrected chi connectivity index (χ0v) is 22.6. The normalized spacial score (nSPS) is 41.4. The van der Waals surface area contributed by atoms with Crippen molar-refractivity contribution >= 4 is 29.4 Å². The van der Waals surface area contributed by atoms with Crippen LogP contribution in [-0.4, -0.2) is 34.0 Å². The number of benzene rings is 1. The van der Waals surface area contributed by atoms with Crippen LogP contribution in [0, 0.1) is 51.8 Å². The minimum absolute atomic E-state index is 0.0393. The SMILES string of the molecule is CC(C)C1=C[C@@]23CC[C@H]4[C@](C)(CCC[C@@]4(C)C(=O)O)[C@@H]2C[C@@H]1[C@@H]1C(=O)N(c2ccc(C(=O)O)cc2)C(=O)[C@H]13. The molecule has 8 atom stereocenters. The second-order valence-electron chi connectivity index (χ2n) is 13.3. The molecule has 1 spiro atoms. The Morgan fingerprint density at radius 2 is 1.66 bits per heavy atom. The minimum Gasteiger partial charge on any atom is -0.481 e. The molecule has 1 heterocycles. The summed E-state index contributed by atoms with van der Waals surface area (Å²) < 4.78 is 0. The summed E-state index contributed by atoms with van der Waals surface area (Å²) >= 11 is 0. The number of carboxylic acid groups (broad SMARTS) is 2. The largest absolute Gasteiger partial charge is 0.481 e. The summed E-state index contributed by atoms with van der Waals surface area (Å²) in [6.07, 6.45) is 7.13. The zero-order chi connectivity index (χ0) is 27.4. The summed E-state index contributed by atoms with van der Waals surface area (Å²) in [4.78, 5) is 53.5. The monoisotopic (exact) mass is 519 g/mol. The van der Waals surface area contributed by atoms with E-state index in [1.54, 1.807) is 12.1 Å². The molecule has 7 heteroatoms. The number of imide groups is 1. The van der Waals surface area contributed by atoms with E-state index in [-0.39, 0.29) is 46.5 Å². The van der Waals surface area contributed by atoms with Crippen LogP contribution in [0.15, 0.2) is 35.9 Å². The van der Waals surface area contributed by atoms with Gasteiger partial charge in [-0.3, -0.25) is 19.3 Å². The first kappa shape index (κ1) is 25.3. The Hall–Kier alpha value is -2.96. The van der Waals surface area contributed by atoms with Gasteiger partial charge in [-0.15, -0.1) is 0 Å². The van der Waals surface area contributed by atoms with Crippen LogP contribution in [0.25, 0.3) is 0 Å². The molecule has 4 fully saturated rings. The predicted molar refractivity (Wildman–Crippen MR) is 140 cm³/mol. The molecule has 2 N–H and O–H groups in total. The lowest BCUT2D eigenvalue weighted by atomic mass is 9.34. The van der Waals surface area contributed by atoms with Gasteiger partial charge in [0, 0.05) is 5.41 Å². The third kappa shape index (κ3) is 3.02. The zero-order valence-electron chi connectivity index (χ0n) is 22.6. The fourth-order valence-electron chi connectivity index (χ4n) is 9.97. The summed E-state index contributed by atoms with van der Waals surface area (Å²) in [5, 5.41) is 19.6. The standard InChI is InChI=1S/C31H37NO6/c1-16(2)20-15-31-13-10-21-29(3,11-5-12-30(21,4)28(37)38)22(31)14-19(20)23-24(31)26(34)32(25(23)33)18-8-6-17(7-9-18)27(35)36/h6-9,15-16,19,21-24H,5,10-14H2,1-4H3,(H,35,36)(H,37,38)/t19-,21-,22-,23-,24-,29-,30+,31-/m0/s1. The van der Waals surface area contributed by atoms with Gasteiger partial charge in [0.1, 0.15) is 0 Å². The number of carbonyl (C=O) groups is 4. The third-order valence-electron chi connectivity index (χ3n) is 11.5. The van der Waals surface area contributed by atoms with Gasteiger partial charge in [-0.2, -0.15) is 0 Å². The molecule has 0 unspecified atom stereocenters. The number of aliphatic carboxylic acids is 1. The number of hydrogen-bond donors (Lipinski definition) is 2. The number of amides is 2. The quantitative estimate of drug-likeness (QED) is 0.407. The van der Waals surface area contributed by atoms with Crippen molar-refractivity contribution in [2.75, 3.05) is 4.90 Å². The number of anilines is 1. The summed E-state index contributed by atoms with van der Waals surface area (Å²) in [7, 11) is 0. The smallest absolute Gasteiger partial charge is 0.335 e. The fraction of sp³-hybridized carbons (Fsp3) is 0.613. The van der Waals surface area contributed by atoms with Crippen molar-refractivity contribution in [3.8, 4) is 0 Å². The van der Waals surface area contributed by atoms with Crippen LogP contribution in [0.2, 0.25) is 0 Å². The van der Waals surface area contributed by atoms with E-state index in [2.05, 4.69) is 26.8 Å². The predicted octanol–water partition coefficient (Wildman–Crippen LogP) is 5.40. The van der Waals surface area contributed by atoms with Crippen LogP contribution >= 0.6 is 0 Å². The molecule has 1 aromatic rings. The number of carboxylic acids is 2. The van der Waals surface area contributed by atoms with Crippen molar-refractivity contribution in [1.82, 2.24) is 0 Å². The highest BCUT2D eigenvalue weighted by molar-refractivity contribution is 6.23. The minimum atomic E-state index is -1.05. The Morgan fingerprint density at radius 3 is 2.26 bits per heavy atom. The van der Waals surface area contributed by atoms with Gasteiger partial charge >= 0.3 is 11.9 Å². The molecule has 5 aliphatic carbocycles. The number of hydrogen-bond acceptors (Lipinski definition) is 4. The van der Waals surface area contributed by atoms with E-state index in [1.807, 2.05) is 6.92 Å². The molecule has 1 saturated heterocycles. The summed E-state index contributed by atoms with van der Waals surface area (Å²) in [5.74, 6) is -2.62. The average molecular weight is 520 g/mol. The van der Waals surface area contributed by atoms with E-state index >= 15 is 0 Å². The van der Waals surface area contributed by atoms with Crippen LogP contribution in [0.1, 0.15) is 76.6 Å². The molecular weight excluding hydrogens is 482 g/mol. The highest BCUT2D eigenvalue weighted by Crippen LogP contribution is 2.74. The van der Waals surface area contributed by atoms with Crippen molar-refractivity contribution in [2.45, 2.75) is 66.2 Å². The number of allylic oxidation sites excluding steroid dienone is 2. The van der Waals surface area contributed by atoms with E-state index in [0.29, 0.717) is 12.1 Å². The first-order chi connectivity index (χ1) is 17.9. The Morgan fingerprint density at radius 1 is 0.974 bits per heavy atom. The van der Waals surface area contributed by atoms with Crippen LogP contribution in [0.4, 0.5) is 5.69 Å². The molecule has 6 aliphatic rings. The fourth-order valence-corrected chi connectivity index (χ4v) is 9.97. The lowest BCUT2D eigenvalue weighted by Crippen LogP contribution is -2.65. The second-order valence-corrected chi connectivity index (χ2v) is 13.3. The highest BCUT2D eigenvalue weighted by atomic mass is 16.4. The van der Waals surface area contributed by atoms with Crippen molar-refractivity contribution in [2.24, 2.45) is 51.8 Å². The van der Waals surface area contributed by atoms with E-state index in [0.717, 1.165) is 32.1 Å². The average Bonchev–Trinajstić information content (AvgIpc) is 3.15. The molecule has 1 aliphatic heterocycles. The maximum Gasteiger partial charge on any atom is 0.335 e. The molecule has 7 nitrogen and oxygen atoms in total. The Kier molecular flexibility index (Phi) is 5.35. The summed E-state index contributed by atoms with van der Waals surface area (Å²) in [6.45, 7) is 8.51. The molecule has 0 aromatic heterocycles. The topological polar surface area (TPSA) is 112 Å². The van der Waals surface area contributed by atoms with Gasteiger partial charge in [0.25, 0.3) is 0 Å². The number of fused-ring (bicyclic) bond motifs is 1. The molecule has 2 bridgehead atoms. The van der Waals surface area contributed by atoms with Gasteiger partial charge in [-0.05, 0) is 92.4 Å². The van der Waals surface area contributed by atoms with Crippen LogP contribution in [-0.2, 0) is 14.4 Å². The lowest BCUT2D eigenvalue weighted by molar-refractivity contribution is -0.194. The molecule has 7 rings (SSSR count). The third-order valence-corrected chi connectivity index (χ3v) is 11.5. The van der Waals surface area contributed by atoms with Gasteiger partial charge in [0.15, 0.2) is 0 Å². The first-order valence-electron chi connectivity index (χ1n) is 14.0. The molecular formula is C31H37NO6. The summed E-state index contributed by atoms with van der Waals surface area (Å²) in [5.41, 5.74) is 0.343. The van der Waals surface area contributed by atoms with E-state index in [4.69, 9.17) is 0 Å². The van der Waals surface area contributed by atoms with Crippen molar-refractivity contribution in [3.05, 3.63) is 41.5 Å². The molecule has 1 aromatic carbocycles. The Bertz CT molecular complexity index is 1280. The van der Waals surface area contributed by atoms with Gasteiger partial charge in [0.2, 0.25) is 11.8 Å². The number of nitrogens with zero attached hydrogens (tertiary/aromatic N) is 1. The molecule has 202 valence electrons. The molecule has 0 radical (unpaired) electrons. The van der Waals surface area contributed by atoms with E-state index < -0.39 is 34.6 Å². The molecule has 2 amide bonds. The maximum absolute atomic E-state index is 14.3. The van der Waals surface area contributed by atoms with Crippen LogP contribution in [0.5, 0.6) is 0 Å².